The van der Waals surface area contributed by atoms with Crippen LogP contribution in [0, 0.1) is 0 Å². The third-order valence-corrected chi connectivity index (χ3v) is 4.96. The van der Waals surface area contributed by atoms with Crippen molar-refractivity contribution in [2.75, 3.05) is 19.9 Å². The average molecular weight is 380 g/mol. The summed E-state index contributed by atoms with van der Waals surface area (Å²) in [6, 6.07) is 20.2. The monoisotopic (exact) mass is 379 g/mol. The lowest BCUT2D eigenvalue weighted by Crippen LogP contribution is -2.57. The second kappa shape index (κ2) is 10.1. The first kappa shape index (κ1) is 20.1. The number of hydrogen-bond acceptors (Lipinski definition) is 3. The molecule has 1 fully saturated rings. The molecule has 0 bridgehead atoms. The van der Waals surface area contributed by atoms with Crippen molar-refractivity contribution in [2.24, 2.45) is 0 Å². The summed E-state index contributed by atoms with van der Waals surface area (Å²) in [6.45, 7) is 6.85. The van der Waals surface area contributed by atoms with E-state index in [1.54, 1.807) is 6.08 Å². The molecule has 1 N–H and O–H groups in total. The second-order valence-corrected chi connectivity index (χ2v) is 7.27. The average Bonchev–Trinajstić information content (AvgIpc) is 2.72. The Bertz CT molecular complexity index is 697. The lowest BCUT2D eigenvalue weighted by Gasteiger charge is -2.42. The molecule has 1 aliphatic rings. The lowest BCUT2D eigenvalue weighted by atomic mass is 10.2. The summed E-state index contributed by atoms with van der Waals surface area (Å²) in [5.41, 5.74) is 2.25. The second-order valence-electron chi connectivity index (χ2n) is 7.27. The van der Waals surface area contributed by atoms with E-state index in [1.165, 1.54) is 0 Å². The number of amides is 2. The van der Waals surface area contributed by atoms with Crippen molar-refractivity contribution >= 4 is 6.03 Å². The predicted octanol–water partition coefficient (Wildman–Crippen LogP) is 3.67. The van der Waals surface area contributed by atoms with Crippen LogP contribution in [-0.4, -0.2) is 51.8 Å². The maximum atomic E-state index is 13.1. The molecule has 3 rings (SSSR count). The number of hydrogen-bond donors (Lipinski definition) is 1. The Hall–Kier alpha value is -2.63. The fourth-order valence-corrected chi connectivity index (χ4v) is 3.47. The summed E-state index contributed by atoms with van der Waals surface area (Å²) in [7, 11) is 0. The first-order valence-corrected chi connectivity index (χ1v) is 9.80. The number of aliphatic hydroxyl groups excluding tert-OH is 1. The standard InChI is InChI=1S/C23H29N3O2/c1-2-22(27)14-9-15-24-18-25(16-20-10-5-3-6-11-20)23(28)26(19-24)17-21-12-7-4-8-13-21/h2-8,10-13,22,27H,1,9,14-19H2. The number of carbonyl (C=O) groups is 1. The molecule has 0 spiro atoms. The van der Waals surface area contributed by atoms with E-state index >= 15 is 0 Å². The van der Waals surface area contributed by atoms with Crippen molar-refractivity contribution in [3.63, 3.8) is 0 Å². The van der Waals surface area contributed by atoms with Gasteiger partial charge in [-0.3, -0.25) is 4.90 Å². The highest BCUT2D eigenvalue weighted by Crippen LogP contribution is 2.18. The molecule has 5 nitrogen and oxygen atoms in total. The van der Waals surface area contributed by atoms with Crippen molar-refractivity contribution in [1.29, 1.82) is 0 Å². The van der Waals surface area contributed by atoms with Gasteiger partial charge in [0.1, 0.15) is 0 Å². The molecule has 0 radical (unpaired) electrons. The van der Waals surface area contributed by atoms with E-state index in [1.807, 2.05) is 70.5 Å². The van der Waals surface area contributed by atoms with Crippen LogP contribution in [0.1, 0.15) is 24.0 Å². The van der Waals surface area contributed by atoms with E-state index in [4.69, 9.17) is 0 Å². The minimum atomic E-state index is -0.465. The minimum absolute atomic E-state index is 0.0649. The van der Waals surface area contributed by atoms with Gasteiger partial charge >= 0.3 is 6.03 Å². The van der Waals surface area contributed by atoms with Crippen LogP contribution in [-0.2, 0) is 13.1 Å². The molecular formula is C23H29N3O2. The first-order chi connectivity index (χ1) is 13.7. The SMILES string of the molecule is C=CC(O)CCCN1CN(Cc2ccccc2)C(=O)N(Cc2ccccc2)C1. The van der Waals surface area contributed by atoms with Crippen molar-refractivity contribution in [3.05, 3.63) is 84.4 Å². The summed E-state index contributed by atoms with van der Waals surface area (Å²) in [4.78, 5) is 19.1. The quantitative estimate of drug-likeness (QED) is 0.676. The molecule has 0 aliphatic carbocycles. The van der Waals surface area contributed by atoms with Crippen LogP contribution in [0.25, 0.3) is 0 Å². The van der Waals surface area contributed by atoms with Gasteiger partial charge in [-0.15, -0.1) is 6.58 Å². The molecule has 2 aromatic carbocycles. The molecule has 5 heteroatoms. The normalized spacial score (nSPS) is 16.2. The fraction of sp³-hybridized carbons (Fsp3) is 0.348. The number of urea groups is 1. The van der Waals surface area contributed by atoms with E-state index in [2.05, 4.69) is 11.5 Å². The van der Waals surface area contributed by atoms with Crippen molar-refractivity contribution in [2.45, 2.75) is 32.0 Å². The summed E-state index contributed by atoms with van der Waals surface area (Å²) >= 11 is 0. The summed E-state index contributed by atoms with van der Waals surface area (Å²) in [5.74, 6) is 0. The van der Waals surface area contributed by atoms with Gasteiger partial charge in [0.15, 0.2) is 0 Å². The van der Waals surface area contributed by atoms with Gasteiger partial charge in [0.05, 0.1) is 19.4 Å². The van der Waals surface area contributed by atoms with Crippen LogP contribution in [0.4, 0.5) is 4.79 Å². The maximum absolute atomic E-state index is 13.1. The van der Waals surface area contributed by atoms with E-state index in [9.17, 15) is 9.90 Å². The molecule has 0 aromatic heterocycles. The van der Waals surface area contributed by atoms with E-state index in [0.29, 0.717) is 32.8 Å². The molecule has 0 saturated carbocycles. The van der Waals surface area contributed by atoms with Crippen molar-refractivity contribution < 1.29 is 9.90 Å². The summed E-state index contributed by atoms with van der Waals surface area (Å²) in [6.07, 6.45) is 2.65. The Morgan fingerprint density at radius 1 is 0.929 bits per heavy atom. The maximum Gasteiger partial charge on any atom is 0.322 e. The third-order valence-electron chi connectivity index (χ3n) is 4.96. The molecule has 1 aliphatic heterocycles. The van der Waals surface area contributed by atoms with Gasteiger partial charge in [-0.25, -0.2) is 4.79 Å². The fourth-order valence-electron chi connectivity index (χ4n) is 3.47. The Balaban J connectivity index is 1.68. The van der Waals surface area contributed by atoms with E-state index in [0.717, 1.165) is 24.1 Å². The highest BCUT2D eigenvalue weighted by Gasteiger charge is 2.30. The van der Waals surface area contributed by atoms with Crippen LogP contribution in [0.5, 0.6) is 0 Å². The van der Waals surface area contributed by atoms with Crippen LogP contribution < -0.4 is 0 Å². The first-order valence-electron chi connectivity index (χ1n) is 9.80. The zero-order valence-corrected chi connectivity index (χ0v) is 16.3. The predicted molar refractivity (Wildman–Crippen MR) is 111 cm³/mol. The number of rotatable bonds is 9. The van der Waals surface area contributed by atoms with Gasteiger partial charge < -0.3 is 14.9 Å². The smallest absolute Gasteiger partial charge is 0.322 e. The zero-order valence-electron chi connectivity index (χ0n) is 16.3. The molecule has 1 atom stereocenters. The third kappa shape index (κ3) is 5.68. The molecule has 2 aromatic rings. The molecule has 1 heterocycles. The van der Waals surface area contributed by atoms with Crippen LogP contribution in [0.15, 0.2) is 73.3 Å². The largest absolute Gasteiger partial charge is 0.389 e. The topological polar surface area (TPSA) is 47.0 Å². The van der Waals surface area contributed by atoms with Gasteiger partial charge in [-0.2, -0.15) is 0 Å². The lowest BCUT2D eigenvalue weighted by molar-refractivity contribution is 0.0245. The Morgan fingerprint density at radius 3 is 1.89 bits per heavy atom. The molecule has 1 saturated heterocycles. The molecule has 28 heavy (non-hydrogen) atoms. The molecular weight excluding hydrogens is 350 g/mol. The van der Waals surface area contributed by atoms with E-state index in [-0.39, 0.29) is 6.03 Å². The van der Waals surface area contributed by atoms with Gasteiger partial charge in [-0.1, -0.05) is 66.7 Å². The Morgan fingerprint density at radius 2 is 1.43 bits per heavy atom. The van der Waals surface area contributed by atoms with Crippen molar-refractivity contribution in [1.82, 2.24) is 14.7 Å². The number of aliphatic hydroxyl groups is 1. The molecule has 148 valence electrons. The van der Waals surface area contributed by atoms with Gasteiger partial charge in [0.2, 0.25) is 0 Å². The van der Waals surface area contributed by atoms with Gasteiger partial charge in [0, 0.05) is 19.6 Å². The van der Waals surface area contributed by atoms with E-state index < -0.39 is 6.10 Å². The molecule has 2 amide bonds. The summed E-state index contributed by atoms with van der Waals surface area (Å²) in [5, 5.41) is 9.71. The van der Waals surface area contributed by atoms with Crippen LogP contribution >= 0.6 is 0 Å². The number of benzene rings is 2. The number of carbonyl (C=O) groups excluding carboxylic acids is 1. The van der Waals surface area contributed by atoms with Gasteiger partial charge in [-0.05, 0) is 24.0 Å². The molecule has 1 unspecified atom stereocenters. The van der Waals surface area contributed by atoms with Crippen LogP contribution in [0.3, 0.4) is 0 Å². The van der Waals surface area contributed by atoms with Crippen molar-refractivity contribution in [3.8, 4) is 0 Å². The highest BCUT2D eigenvalue weighted by molar-refractivity contribution is 5.75. The zero-order chi connectivity index (χ0) is 19.8. The van der Waals surface area contributed by atoms with Crippen LogP contribution in [0.2, 0.25) is 0 Å². The Labute approximate surface area is 167 Å². The number of nitrogens with zero attached hydrogens (tertiary/aromatic N) is 3. The minimum Gasteiger partial charge on any atom is -0.389 e. The Kier molecular flexibility index (Phi) is 7.23. The highest BCUT2D eigenvalue weighted by atomic mass is 16.3. The van der Waals surface area contributed by atoms with Gasteiger partial charge in [0.25, 0.3) is 0 Å². The summed E-state index contributed by atoms with van der Waals surface area (Å²) < 4.78 is 0.